The molecule has 2 N–H and O–H groups in total. The maximum absolute atomic E-state index is 11.3. The Hall–Kier alpha value is -0.170. The lowest BCUT2D eigenvalue weighted by Gasteiger charge is -2.39. The Balaban J connectivity index is 2.54. The Morgan fingerprint density at radius 2 is 1.69 bits per heavy atom. The van der Waals surface area contributed by atoms with Crippen molar-refractivity contribution in [3.63, 3.8) is 0 Å². The topological polar surface area (TPSA) is 66.6 Å². The van der Waals surface area contributed by atoms with Crippen molar-refractivity contribution in [3.05, 3.63) is 0 Å². The predicted octanol–water partition coefficient (Wildman–Crippen LogP) is -0.453. The monoisotopic (exact) mass is 249 g/mol. The molecule has 16 heavy (non-hydrogen) atoms. The Labute approximate surface area is 98.6 Å². The Morgan fingerprint density at radius 3 is 2.00 bits per heavy atom. The highest BCUT2D eigenvalue weighted by Crippen LogP contribution is 2.14. The van der Waals surface area contributed by atoms with Gasteiger partial charge >= 0.3 is 0 Å². The van der Waals surface area contributed by atoms with Crippen LogP contribution in [0.1, 0.15) is 13.8 Å². The van der Waals surface area contributed by atoms with Gasteiger partial charge in [-0.2, -0.15) is 4.31 Å². The van der Waals surface area contributed by atoms with Crippen molar-refractivity contribution in [1.82, 2.24) is 9.21 Å². The van der Waals surface area contributed by atoms with Crippen molar-refractivity contribution in [2.24, 2.45) is 11.7 Å². The molecule has 1 aliphatic rings. The lowest BCUT2D eigenvalue weighted by atomic mass is 10.0. The molecule has 1 atom stereocenters. The van der Waals surface area contributed by atoms with Crippen molar-refractivity contribution >= 4 is 10.0 Å². The molecule has 5 nitrogen and oxygen atoms in total. The van der Waals surface area contributed by atoms with E-state index in [1.165, 1.54) is 10.6 Å². The summed E-state index contributed by atoms with van der Waals surface area (Å²) in [5.41, 5.74) is 5.75. The molecular formula is C10H23N3O2S. The van der Waals surface area contributed by atoms with Gasteiger partial charge in [-0.1, -0.05) is 13.8 Å². The van der Waals surface area contributed by atoms with E-state index in [0.717, 1.165) is 13.1 Å². The van der Waals surface area contributed by atoms with E-state index in [1.54, 1.807) is 0 Å². The first-order chi connectivity index (χ1) is 7.36. The molecule has 0 bridgehead atoms. The van der Waals surface area contributed by atoms with Crippen molar-refractivity contribution < 1.29 is 8.42 Å². The van der Waals surface area contributed by atoms with Crippen LogP contribution in [0.2, 0.25) is 0 Å². The summed E-state index contributed by atoms with van der Waals surface area (Å²) in [5, 5.41) is 0. The maximum Gasteiger partial charge on any atom is 0.211 e. The van der Waals surface area contributed by atoms with Gasteiger partial charge in [-0.15, -0.1) is 0 Å². The summed E-state index contributed by atoms with van der Waals surface area (Å²) in [4.78, 5) is 2.30. The molecule has 96 valence electrons. The zero-order valence-electron chi connectivity index (χ0n) is 10.4. The molecule has 6 heteroatoms. The quantitative estimate of drug-likeness (QED) is 0.732. The molecule has 0 saturated carbocycles. The summed E-state index contributed by atoms with van der Waals surface area (Å²) < 4.78 is 24.2. The van der Waals surface area contributed by atoms with Gasteiger partial charge < -0.3 is 5.73 Å². The highest BCUT2D eigenvalue weighted by molar-refractivity contribution is 7.88. The van der Waals surface area contributed by atoms with E-state index in [-0.39, 0.29) is 0 Å². The van der Waals surface area contributed by atoms with E-state index >= 15 is 0 Å². The third kappa shape index (κ3) is 3.41. The van der Waals surface area contributed by atoms with Crippen LogP contribution in [0.15, 0.2) is 0 Å². The molecule has 1 unspecified atom stereocenters. The zero-order chi connectivity index (χ0) is 12.3. The number of hydrogen-bond donors (Lipinski definition) is 1. The molecule has 1 aliphatic heterocycles. The van der Waals surface area contributed by atoms with Gasteiger partial charge in [0.1, 0.15) is 0 Å². The third-order valence-corrected chi connectivity index (χ3v) is 4.53. The highest BCUT2D eigenvalue weighted by Gasteiger charge is 2.28. The number of sulfonamides is 1. The van der Waals surface area contributed by atoms with Crippen LogP contribution in [0.5, 0.6) is 0 Å². The summed E-state index contributed by atoms with van der Waals surface area (Å²) >= 11 is 0. The van der Waals surface area contributed by atoms with E-state index in [4.69, 9.17) is 5.73 Å². The second kappa shape index (κ2) is 5.44. The summed E-state index contributed by atoms with van der Waals surface area (Å²) in [6.45, 7) is 7.68. The summed E-state index contributed by atoms with van der Waals surface area (Å²) in [7, 11) is -3.03. The first kappa shape index (κ1) is 13.9. The van der Waals surface area contributed by atoms with Gasteiger partial charge in [0.15, 0.2) is 0 Å². The molecule has 1 heterocycles. The SMILES string of the molecule is CC(C)C(CN)N1CCN(S(C)(=O)=O)CC1. The molecule has 0 spiro atoms. The molecule has 0 aromatic heterocycles. The van der Waals surface area contributed by atoms with E-state index in [1.807, 2.05) is 0 Å². The molecule has 0 aromatic carbocycles. The maximum atomic E-state index is 11.3. The van der Waals surface area contributed by atoms with Crippen molar-refractivity contribution in [2.45, 2.75) is 19.9 Å². The second-order valence-corrected chi connectivity index (χ2v) is 6.73. The van der Waals surface area contributed by atoms with Gasteiger partial charge in [0, 0.05) is 38.8 Å². The van der Waals surface area contributed by atoms with E-state index in [9.17, 15) is 8.42 Å². The molecule has 0 amide bonds. The van der Waals surface area contributed by atoms with Crippen LogP contribution in [0.3, 0.4) is 0 Å². The molecule has 0 radical (unpaired) electrons. The number of hydrogen-bond acceptors (Lipinski definition) is 4. The van der Waals surface area contributed by atoms with Crippen LogP contribution < -0.4 is 5.73 Å². The number of nitrogens with zero attached hydrogens (tertiary/aromatic N) is 2. The fourth-order valence-electron chi connectivity index (χ4n) is 2.21. The van der Waals surface area contributed by atoms with Gasteiger partial charge in [0.2, 0.25) is 10.0 Å². The minimum atomic E-state index is -3.03. The average molecular weight is 249 g/mol. The van der Waals surface area contributed by atoms with Crippen molar-refractivity contribution in [2.75, 3.05) is 39.0 Å². The average Bonchev–Trinajstić information content (AvgIpc) is 2.17. The van der Waals surface area contributed by atoms with Crippen LogP contribution in [0, 0.1) is 5.92 Å². The summed E-state index contributed by atoms with van der Waals surface area (Å²) in [5.74, 6) is 0.509. The van der Waals surface area contributed by atoms with E-state index in [0.29, 0.717) is 31.6 Å². The van der Waals surface area contributed by atoms with Gasteiger partial charge in [-0.25, -0.2) is 8.42 Å². The molecule has 1 saturated heterocycles. The van der Waals surface area contributed by atoms with Crippen LogP contribution in [0.25, 0.3) is 0 Å². The minimum absolute atomic E-state index is 0.363. The first-order valence-electron chi connectivity index (χ1n) is 5.75. The highest BCUT2D eigenvalue weighted by atomic mass is 32.2. The number of rotatable bonds is 4. The molecule has 1 rings (SSSR count). The normalized spacial score (nSPS) is 22.6. The fourth-order valence-corrected chi connectivity index (χ4v) is 3.04. The van der Waals surface area contributed by atoms with Gasteiger partial charge in [-0.05, 0) is 5.92 Å². The predicted molar refractivity (Wildman–Crippen MR) is 65.7 cm³/mol. The van der Waals surface area contributed by atoms with Crippen LogP contribution in [-0.2, 0) is 10.0 Å². The first-order valence-corrected chi connectivity index (χ1v) is 7.60. The van der Waals surface area contributed by atoms with Crippen molar-refractivity contribution in [3.8, 4) is 0 Å². The Morgan fingerprint density at radius 1 is 1.19 bits per heavy atom. The lowest BCUT2D eigenvalue weighted by Crippen LogP contribution is -2.54. The van der Waals surface area contributed by atoms with Gasteiger partial charge in [-0.3, -0.25) is 4.90 Å². The Kier molecular flexibility index (Phi) is 4.73. The molecule has 1 fully saturated rings. The summed E-state index contributed by atoms with van der Waals surface area (Å²) in [6.07, 6.45) is 1.27. The molecular weight excluding hydrogens is 226 g/mol. The number of nitrogens with two attached hydrogens (primary N) is 1. The minimum Gasteiger partial charge on any atom is -0.329 e. The van der Waals surface area contributed by atoms with Gasteiger partial charge in [0.25, 0.3) is 0 Å². The van der Waals surface area contributed by atoms with Crippen LogP contribution >= 0.6 is 0 Å². The summed E-state index contributed by atoms with van der Waals surface area (Å²) in [6, 6.07) is 0.363. The zero-order valence-corrected chi connectivity index (χ0v) is 11.2. The molecule has 0 aliphatic carbocycles. The molecule has 0 aromatic rings. The lowest BCUT2D eigenvalue weighted by molar-refractivity contribution is 0.113. The Bertz CT molecular complexity index is 308. The second-order valence-electron chi connectivity index (χ2n) is 4.75. The van der Waals surface area contributed by atoms with E-state index in [2.05, 4.69) is 18.7 Å². The van der Waals surface area contributed by atoms with Crippen LogP contribution in [0.4, 0.5) is 0 Å². The fraction of sp³-hybridized carbons (Fsp3) is 1.00. The van der Waals surface area contributed by atoms with Gasteiger partial charge in [0.05, 0.1) is 6.26 Å². The number of piperazine rings is 1. The van der Waals surface area contributed by atoms with Crippen molar-refractivity contribution in [1.29, 1.82) is 0 Å². The largest absolute Gasteiger partial charge is 0.329 e. The standard InChI is InChI=1S/C10H23N3O2S/c1-9(2)10(8-11)12-4-6-13(7-5-12)16(3,14)15/h9-10H,4-8,11H2,1-3H3. The smallest absolute Gasteiger partial charge is 0.211 e. The van der Waals surface area contributed by atoms with E-state index < -0.39 is 10.0 Å². The van der Waals surface area contributed by atoms with Crippen LogP contribution in [-0.4, -0.2) is 62.6 Å². The third-order valence-electron chi connectivity index (χ3n) is 3.22.